The molecular formula is C70H51N5OPt. The summed E-state index contributed by atoms with van der Waals surface area (Å²) in [6.45, 7) is 6.54. The molecule has 0 aliphatic rings. The molecule has 0 amide bonds. The Morgan fingerprint density at radius 2 is 1.04 bits per heavy atom. The van der Waals surface area contributed by atoms with Crippen molar-refractivity contribution in [1.29, 1.82) is 0 Å². The van der Waals surface area contributed by atoms with Crippen LogP contribution in [-0.4, -0.2) is 23.1 Å². The predicted octanol–water partition coefficient (Wildman–Crippen LogP) is 18.2. The second-order valence-electron chi connectivity index (χ2n) is 20.4. The topological polar surface area (TPSA) is 41.3 Å². The first-order chi connectivity index (χ1) is 39.8. The minimum atomic E-state index is -0.426. The first kappa shape index (κ1) is 41.2. The Hall–Kier alpha value is -9.09. The molecule has 7 heteroatoms. The number of imidazole rings is 1. The molecule has 4 heterocycles. The van der Waals surface area contributed by atoms with Crippen molar-refractivity contribution in [2.75, 3.05) is 0 Å². The minimum Gasteiger partial charge on any atom is -0.0617 e. The van der Waals surface area contributed by atoms with E-state index in [4.69, 9.17) is 16.6 Å². The Morgan fingerprint density at radius 1 is 0.442 bits per heavy atom. The average Bonchev–Trinajstić information content (AvgIpc) is 2.01. The van der Waals surface area contributed by atoms with Crippen LogP contribution in [0.2, 0.25) is 0 Å². The standard InChI is InChI=1S/C70H51N5O.Pt/c1-70(2,3)51-40-41-71-67(43-51)75-62-38-34-50(47-20-8-4-9-21-47)42-60(62)58-37-35-53(44-65(58)75)76-54-36-39-63-66(45-54)73-46-72(68-55(48-22-10-5-11-23-48)29-18-30-56(68)49-24-12-6-13-25-49)64-33-19-31-59(69(64)73)57-28-16-17-32-61(57)74(63)52-26-14-7-15-27-52;/h4-45H,1-3H3;/i4D,8D,9D,20D,21D;. The van der Waals surface area contributed by atoms with Crippen LogP contribution in [0, 0.1) is 3.80 Å². The molecule has 6 nitrogen and oxygen atoms in total. The molecule has 0 spiro atoms. The molecular weight excluding hydrogens is 1120 g/mol. The SMILES string of the molecule is [2H]c1c([2H])c([2H])c(-c2ccc3c(c2)c2ccc(Oc4ccc5c(c4)n4[c](=[Pt])n(-c6c(-c7ccccc7)cccc6-c6ccccc6)c6cccc(c7ccccc7n5-c5ccccc5)c64)cc2n3-c2cc(C(C)(C)C)ccn2)c([2H])c1[2H]. The molecule has 0 saturated carbocycles. The van der Waals surface area contributed by atoms with Gasteiger partial charge in [-0.25, -0.2) is 0 Å². The molecule has 0 saturated heterocycles. The molecule has 0 bridgehead atoms. The molecule has 0 aliphatic carbocycles. The summed E-state index contributed by atoms with van der Waals surface area (Å²) in [4.78, 5) is 4.96. The van der Waals surface area contributed by atoms with Gasteiger partial charge in [-0.15, -0.1) is 0 Å². The summed E-state index contributed by atoms with van der Waals surface area (Å²) in [5, 5.41) is 3.89. The fourth-order valence-corrected chi connectivity index (χ4v) is 12.2. The Balaban J connectivity index is 1.04. The van der Waals surface area contributed by atoms with Crippen molar-refractivity contribution < 1.29 is 30.9 Å². The number of ether oxygens (including phenoxy) is 1. The predicted molar refractivity (Wildman–Crippen MR) is 314 cm³/mol. The van der Waals surface area contributed by atoms with E-state index in [0.29, 0.717) is 22.9 Å². The van der Waals surface area contributed by atoms with Crippen molar-refractivity contribution in [2.24, 2.45) is 0 Å². The molecule has 0 fully saturated rings. The smallest absolute Gasteiger partial charge is 0.0617 e. The first-order valence-electron chi connectivity index (χ1n) is 28.2. The van der Waals surface area contributed by atoms with E-state index in [-0.39, 0.29) is 35.1 Å². The maximum atomic E-state index is 8.86. The van der Waals surface area contributed by atoms with Crippen LogP contribution in [0.25, 0.3) is 111 Å². The van der Waals surface area contributed by atoms with Gasteiger partial charge >= 0.3 is 368 Å². The summed E-state index contributed by atoms with van der Waals surface area (Å²) in [6.07, 6.45) is 1.84. The van der Waals surface area contributed by atoms with Gasteiger partial charge in [0.2, 0.25) is 0 Å². The fourth-order valence-electron chi connectivity index (χ4n) is 11.2. The number of aromatic nitrogens is 5. The fraction of sp³-hybridized carbons (Fsp3) is 0.0571. The second kappa shape index (κ2) is 18.6. The number of fused-ring (bicyclic) bond motifs is 7. The van der Waals surface area contributed by atoms with E-state index < -0.39 is 6.04 Å². The van der Waals surface area contributed by atoms with Crippen molar-refractivity contribution in [3.8, 4) is 62.1 Å². The normalized spacial score (nSPS) is 12.8. The van der Waals surface area contributed by atoms with Gasteiger partial charge in [-0.2, -0.15) is 0 Å². The van der Waals surface area contributed by atoms with E-state index in [9.17, 15) is 0 Å². The summed E-state index contributed by atoms with van der Waals surface area (Å²) >= 11 is 2.53. The summed E-state index contributed by atoms with van der Waals surface area (Å²) < 4.78 is 60.4. The quantitative estimate of drug-likeness (QED) is 0.152. The molecule has 0 unspecified atom stereocenters. The minimum absolute atomic E-state index is 0.148. The number of benzene rings is 10. The van der Waals surface area contributed by atoms with Gasteiger partial charge in [-0.05, 0) is 28.2 Å². The maximum absolute atomic E-state index is 8.86. The van der Waals surface area contributed by atoms with Gasteiger partial charge in [0.1, 0.15) is 0 Å². The van der Waals surface area contributed by atoms with Gasteiger partial charge in [0.25, 0.3) is 0 Å². The summed E-state index contributed by atoms with van der Waals surface area (Å²) in [6, 6.07) is 74.3. The van der Waals surface area contributed by atoms with Gasteiger partial charge in [0.05, 0.1) is 6.85 Å². The van der Waals surface area contributed by atoms with Gasteiger partial charge in [-0.1, -0.05) is 57.0 Å². The molecule has 77 heavy (non-hydrogen) atoms. The van der Waals surface area contributed by atoms with E-state index in [0.717, 1.165) is 103 Å². The number of hydrogen-bond donors (Lipinski definition) is 0. The Bertz CT molecular complexity index is 4940. The van der Waals surface area contributed by atoms with Crippen molar-refractivity contribution in [1.82, 2.24) is 23.1 Å². The van der Waals surface area contributed by atoms with Crippen LogP contribution >= 0.6 is 0 Å². The molecule has 0 N–H and O–H groups in total. The van der Waals surface area contributed by atoms with E-state index >= 15 is 0 Å². The summed E-state index contributed by atoms with van der Waals surface area (Å²) in [7, 11) is 0. The van der Waals surface area contributed by atoms with Crippen LogP contribution in [0.4, 0.5) is 0 Å². The van der Waals surface area contributed by atoms with Crippen LogP contribution in [-0.2, 0) is 24.8 Å². The van der Waals surface area contributed by atoms with Crippen LogP contribution < -0.4 is 4.74 Å². The van der Waals surface area contributed by atoms with Crippen LogP contribution in [0.1, 0.15) is 33.2 Å². The number of nitrogens with zero attached hydrogens (tertiary/aromatic N) is 5. The summed E-state index contributed by atoms with van der Waals surface area (Å²) in [5.74, 6) is 1.93. The number of rotatable bonds is 8. The van der Waals surface area contributed by atoms with E-state index in [1.165, 1.54) is 0 Å². The van der Waals surface area contributed by atoms with Crippen LogP contribution in [0.15, 0.2) is 255 Å². The second-order valence-corrected chi connectivity index (χ2v) is 21.4. The van der Waals surface area contributed by atoms with Crippen LogP contribution in [0.3, 0.4) is 0 Å². The average molecular weight is 1180 g/mol. The number of para-hydroxylation sites is 4. The van der Waals surface area contributed by atoms with Gasteiger partial charge in [-0.3, -0.25) is 0 Å². The van der Waals surface area contributed by atoms with E-state index in [1.54, 1.807) is 0 Å². The van der Waals surface area contributed by atoms with E-state index in [1.807, 2.05) is 54.7 Å². The third kappa shape index (κ3) is 7.90. The van der Waals surface area contributed by atoms with Crippen molar-refractivity contribution in [2.45, 2.75) is 26.2 Å². The van der Waals surface area contributed by atoms with Gasteiger partial charge in [0, 0.05) is 6.20 Å². The number of hydrogen-bond acceptors (Lipinski definition) is 2. The zero-order valence-corrected chi connectivity index (χ0v) is 44.6. The molecule has 14 rings (SSSR count). The zero-order valence-electron chi connectivity index (χ0n) is 47.3. The Kier molecular flexibility index (Phi) is 9.97. The van der Waals surface area contributed by atoms with Gasteiger partial charge in [0.15, 0.2) is 0 Å². The summed E-state index contributed by atoms with van der Waals surface area (Å²) in [5.41, 5.74) is 14.8. The Labute approximate surface area is 464 Å². The van der Waals surface area contributed by atoms with Crippen LogP contribution in [0.5, 0.6) is 11.5 Å². The molecule has 14 aromatic rings. The molecule has 0 radical (unpaired) electrons. The van der Waals surface area contributed by atoms with Gasteiger partial charge < -0.3 is 0 Å². The monoisotopic (exact) mass is 1180 g/mol. The molecule has 4 aromatic heterocycles. The molecule has 372 valence electrons. The van der Waals surface area contributed by atoms with Crippen molar-refractivity contribution in [3.05, 3.63) is 264 Å². The van der Waals surface area contributed by atoms with Crippen molar-refractivity contribution in [3.63, 3.8) is 0 Å². The molecule has 0 aliphatic heterocycles. The third-order valence-electron chi connectivity index (χ3n) is 14.7. The zero-order chi connectivity index (χ0) is 56.1. The number of pyridine rings is 1. The molecule has 0 atom stereocenters. The molecule has 10 aromatic carbocycles. The van der Waals surface area contributed by atoms with E-state index in [2.05, 4.69) is 228 Å². The van der Waals surface area contributed by atoms with Crippen molar-refractivity contribution >= 4 is 60.2 Å². The Morgan fingerprint density at radius 3 is 1.77 bits per heavy atom. The first-order valence-corrected chi connectivity index (χ1v) is 26.8. The third-order valence-corrected chi connectivity index (χ3v) is 15.7.